The Hall–Kier alpha value is -7.96. The summed E-state index contributed by atoms with van der Waals surface area (Å²) in [4.78, 5) is 19.2. The van der Waals surface area contributed by atoms with Gasteiger partial charge in [0.1, 0.15) is 0 Å². The molecule has 0 spiro atoms. The number of rotatable bonds is 7. The van der Waals surface area contributed by atoms with Crippen LogP contribution in [0.1, 0.15) is 5.69 Å². The van der Waals surface area contributed by atoms with Crippen molar-refractivity contribution in [3.63, 3.8) is 0 Å². The maximum Gasteiger partial charge on any atom is 0.235 e. The van der Waals surface area contributed by atoms with E-state index in [0.717, 1.165) is 44.3 Å². The normalized spacial score (nSPS) is 12.0. The van der Waals surface area contributed by atoms with Crippen molar-refractivity contribution in [1.82, 2.24) is 24.1 Å². The Balaban J connectivity index is 1.07. The van der Waals surface area contributed by atoms with Gasteiger partial charge >= 0.3 is 0 Å². The quantitative estimate of drug-likeness (QED) is 0.121. The summed E-state index contributed by atoms with van der Waals surface area (Å²) < 4.78 is 4.52. The van der Waals surface area contributed by atoms with E-state index in [1.54, 1.807) is 12.3 Å². The van der Waals surface area contributed by atoms with E-state index in [0.29, 0.717) is 23.0 Å². The summed E-state index contributed by atoms with van der Waals surface area (Å²) in [6, 6.07) is 58.2. The first-order valence-corrected chi connectivity index (χ1v) is 19.3. The number of allylic oxidation sites excluding steroid dienone is 1. The van der Waals surface area contributed by atoms with E-state index in [4.69, 9.17) is 9.97 Å². The van der Waals surface area contributed by atoms with Crippen molar-refractivity contribution >= 4 is 70.9 Å². The largest absolute Gasteiger partial charge is 0.309 e. The highest BCUT2D eigenvalue weighted by Gasteiger charge is 2.19. The van der Waals surface area contributed by atoms with Crippen LogP contribution in [0.25, 0.3) is 99.3 Å². The number of aromatic nitrogens is 5. The monoisotopic (exact) mass is 742 g/mol. The zero-order valence-electron chi connectivity index (χ0n) is 31.4. The van der Waals surface area contributed by atoms with Crippen molar-refractivity contribution in [3.8, 4) is 34.2 Å². The van der Waals surface area contributed by atoms with Crippen LogP contribution in [0.4, 0.5) is 0 Å². The van der Waals surface area contributed by atoms with Crippen molar-refractivity contribution in [3.05, 3.63) is 201 Å². The summed E-state index contributed by atoms with van der Waals surface area (Å²) in [5, 5.41) is 9.66. The van der Waals surface area contributed by atoms with E-state index in [2.05, 4.69) is 172 Å². The lowest BCUT2D eigenvalue weighted by Crippen LogP contribution is -2.09. The van der Waals surface area contributed by atoms with Crippen LogP contribution in [0.15, 0.2) is 200 Å². The van der Waals surface area contributed by atoms with Gasteiger partial charge in [0.15, 0.2) is 0 Å². The Kier molecular flexibility index (Phi) is 7.69. The smallest absolute Gasteiger partial charge is 0.235 e. The number of hydrogen-bond acceptors (Lipinski definition) is 4. The molecule has 0 bridgehead atoms. The predicted molar refractivity (Wildman–Crippen MR) is 241 cm³/mol. The summed E-state index contributed by atoms with van der Waals surface area (Å²) >= 11 is 0. The van der Waals surface area contributed by atoms with Gasteiger partial charge in [-0.15, -0.1) is 0 Å². The molecule has 6 heteroatoms. The molecule has 0 amide bonds. The van der Waals surface area contributed by atoms with Crippen LogP contribution in [0.2, 0.25) is 0 Å². The van der Waals surface area contributed by atoms with E-state index >= 15 is 0 Å². The molecule has 11 aromatic rings. The Bertz CT molecular complexity index is 3500. The molecule has 0 aliphatic heterocycles. The number of hydrogen-bond donors (Lipinski definition) is 0. The zero-order valence-corrected chi connectivity index (χ0v) is 31.4. The highest BCUT2D eigenvalue weighted by atomic mass is 15.2. The number of pyridine rings is 1. The van der Waals surface area contributed by atoms with E-state index in [-0.39, 0.29) is 0 Å². The minimum absolute atomic E-state index is 0.520. The van der Waals surface area contributed by atoms with Crippen LogP contribution in [-0.4, -0.2) is 29.8 Å². The first-order valence-electron chi connectivity index (χ1n) is 19.3. The van der Waals surface area contributed by atoms with Crippen LogP contribution >= 0.6 is 0 Å². The summed E-state index contributed by atoms with van der Waals surface area (Å²) in [5.41, 5.74) is 10.4. The number of nitrogens with zero attached hydrogens (tertiary/aromatic N) is 6. The molecule has 11 rings (SSSR count). The lowest BCUT2D eigenvalue weighted by atomic mass is 10.0. The van der Waals surface area contributed by atoms with E-state index in [9.17, 15) is 0 Å². The predicted octanol–water partition coefficient (Wildman–Crippen LogP) is 12.8. The zero-order chi connectivity index (χ0) is 38.7. The van der Waals surface area contributed by atoms with E-state index in [1.807, 2.05) is 24.3 Å². The topological polar surface area (TPSA) is 60.9 Å². The van der Waals surface area contributed by atoms with Crippen LogP contribution in [0.5, 0.6) is 0 Å². The fourth-order valence-corrected chi connectivity index (χ4v) is 8.57. The SMILES string of the molecule is C=CN=C(C=C)c1cc(-c2ccccn2)nc(-n2c3ccccc3c3cc(-c4ccc5c(c4)c4ccccc4n5-c4ccc5c(ccc6ccccc65)c4)ccc32)n1. The Morgan fingerprint density at radius 1 is 0.483 bits per heavy atom. The van der Waals surface area contributed by atoms with Gasteiger partial charge in [-0.05, 0) is 105 Å². The third kappa shape index (κ3) is 5.27. The lowest BCUT2D eigenvalue weighted by Gasteiger charge is -2.12. The molecule has 272 valence electrons. The number of aliphatic imine (C=N–C) groups is 1. The van der Waals surface area contributed by atoms with Gasteiger partial charge in [0.2, 0.25) is 5.95 Å². The van der Waals surface area contributed by atoms with Gasteiger partial charge in [0.25, 0.3) is 0 Å². The molecule has 0 aliphatic rings. The Morgan fingerprint density at radius 3 is 1.81 bits per heavy atom. The number of benzene rings is 7. The summed E-state index contributed by atoms with van der Waals surface area (Å²) in [6.45, 7) is 7.81. The fraction of sp³-hybridized carbons (Fsp3) is 0. The van der Waals surface area contributed by atoms with Gasteiger partial charge in [-0.25, -0.2) is 9.97 Å². The second-order valence-electron chi connectivity index (χ2n) is 14.4. The van der Waals surface area contributed by atoms with Crippen molar-refractivity contribution in [1.29, 1.82) is 0 Å². The Labute approximate surface area is 334 Å². The van der Waals surface area contributed by atoms with Crippen molar-refractivity contribution in [2.24, 2.45) is 4.99 Å². The average molecular weight is 743 g/mol. The van der Waals surface area contributed by atoms with Crippen LogP contribution in [-0.2, 0) is 0 Å². The van der Waals surface area contributed by atoms with Crippen LogP contribution in [0, 0.1) is 0 Å². The molecule has 4 aromatic heterocycles. The molecule has 0 aliphatic carbocycles. The fourth-order valence-electron chi connectivity index (χ4n) is 8.57. The third-order valence-electron chi connectivity index (χ3n) is 11.2. The maximum absolute atomic E-state index is 5.10. The van der Waals surface area contributed by atoms with Crippen LogP contribution < -0.4 is 0 Å². The second kappa shape index (κ2) is 13.4. The average Bonchev–Trinajstić information content (AvgIpc) is 3.80. The number of para-hydroxylation sites is 2. The van der Waals surface area contributed by atoms with Crippen molar-refractivity contribution in [2.75, 3.05) is 0 Å². The minimum Gasteiger partial charge on any atom is -0.309 e. The van der Waals surface area contributed by atoms with E-state index in [1.165, 1.54) is 49.6 Å². The molecule has 0 atom stereocenters. The summed E-state index contributed by atoms with van der Waals surface area (Å²) in [5.74, 6) is 0.520. The first-order chi connectivity index (χ1) is 28.7. The maximum atomic E-state index is 5.10. The highest BCUT2D eigenvalue weighted by molar-refractivity contribution is 6.14. The molecule has 0 fully saturated rings. The van der Waals surface area contributed by atoms with Gasteiger partial charge < -0.3 is 4.57 Å². The van der Waals surface area contributed by atoms with Gasteiger partial charge in [-0.3, -0.25) is 14.5 Å². The molecule has 0 unspecified atom stereocenters. The molecule has 0 N–H and O–H groups in total. The molecular formula is C52H34N6. The molecule has 7 aromatic carbocycles. The summed E-state index contributed by atoms with van der Waals surface area (Å²) in [7, 11) is 0. The standard InChI is InChI=1S/C52H34N6/c1-3-44(53-4-2)46-32-47(45-17-11-12-28-54-45)56-52(55-46)58-49-19-10-8-16-41(49)43-31-35(23-27-51(43)58)34-22-26-50-42(30-34)40-15-7-9-18-48(40)57(50)37-24-25-39-36(29-37)21-20-33-13-5-6-14-38(33)39/h3-32H,1-2H2. The molecule has 58 heavy (non-hydrogen) atoms. The minimum atomic E-state index is 0.520. The van der Waals surface area contributed by atoms with Gasteiger partial charge in [-0.1, -0.05) is 110 Å². The molecule has 4 heterocycles. The molecule has 6 nitrogen and oxygen atoms in total. The van der Waals surface area contributed by atoms with Crippen molar-refractivity contribution in [2.45, 2.75) is 0 Å². The van der Waals surface area contributed by atoms with Gasteiger partial charge in [0.05, 0.1) is 44.9 Å². The van der Waals surface area contributed by atoms with Crippen molar-refractivity contribution < 1.29 is 0 Å². The molecule has 0 saturated heterocycles. The molecular weight excluding hydrogens is 709 g/mol. The second-order valence-corrected chi connectivity index (χ2v) is 14.4. The Morgan fingerprint density at radius 2 is 1.10 bits per heavy atom. The van der Waals surface area contributed by atoms with E-state index < -0.39 is 0 Å². The van der Waals surface area contributed by atoms with Crippen LogP contribution in [0.3, 0.4) is 0 Å². The molecule has 0 saturated carbocycles. The van der Waals surface area contributed by atoms with Gasteiger partial charge in [-0.2, -0.15) is 0 Å². The highest BCUT2D eigenvalue weighted by Crippen LogP contribution is 2.39. The summed E-state index contributed by atoms with van der Waals surface area (Å²) in [6.07, 6.45) is 4.96. The third-order valence-corrected chi connectivity index (χ3v) is 11.2. The van der Waals surface area contributed by atoms with Gasteiger partial charge in [0, 0.05) is 39.6 Å². The molecule has 0 radical (unpaired) electrons. The number of fused-ring (bicyclic) bond motifs is 9. The first kappa shape index (κ1) is 33.4. The lowest BCUT2D eigenvalue weighted by molar-refractivity contribution is 0.982.